The summed E-state index contributed by atoms with van der Waals surface area (Å²) >= 11 is 0. The van der Waals surface area contributed by atoms with Gasteiger partial charge in [0, 0.05) is 6.54 Å². The summed E-state index contributed by atoms with van der Waals surface area (Å²) in [5, 5.41) is 2.13. The van der Waals surface area contributed by atoms with Crippen molar-refractivity contribution in [3.8, 4) is 0 Å². The van der Waals surface area contributed by atoms with E-state index >= 15 is 0 Å². The van der Waals surface area contributed by atoms with Crippen LogP contribution in [0, 0.1) is 0 Å². The molecule has 2 heteroatoms. The molecule has 2 nitrogen and oxygen atoms in total. The van der Waals surface area contributed by atoms with E-state index in [4.69, 9.17) is 0 Å². The number of nitrogens with zero attached hydrogens (tertiary/aromatic N) is 1. The Balaban J connectivity index is 1.96. The van der Waals surface area contributed by atoms with Crippen molar-refractivity contribution in [3.63, 3.8) is 0 Å². The minimum atomic E-state index is 0.874. The summed E-state index contributed by atoms with van der Waals surface area (Å²) in [6, 6.07) is 20.8. The second-order valence-electron chi connectivity index (χ2n) is 3.99. The molecule has 0 spiro atoms. The topological polar surface area (TPSA) is 15.3 Å². The van der Waals surface area contributed by atoms with Crippen LogP contribution in [-0.2, 0) is 0 Å². The predicted molar refractivity (Wildman–Crippen MR) is 71.3 cm³/mol. The second-order valence-corrected chi connectivity index (χ2v) is 3.99. The molecule has 0 unspecified atom stereocenters. The molecule has 0 amide bonds. The number of hydrazine groups is 1. The lowest BCUT2D eigenvalue weighted by atomic mass is 10.1. The highest BCUT2D eigenvalue weighted by atomic mass is 15.5. The molecule has 0 saturated heterocycles. The third-order valence-corrected chi connectivity index (χ3v) is 2.87. The molecule has 1 aliphatic rings. The summed E-state index contributed by atoms with van der Waals surface area (Å²) < 4.78 is 0. The van der Waals surface area contributed by atoms with Gasteiger partial charge in [0.05, 0.1) is 11.4 Å². The molecule has 1 heterocycles. The lowest BCUT2D eigenvalue weighted by Crippen LogP contribution is -2.30. The highest BCUT2D eigenvalue weighted by molar-refractivity contribution is 5.80. The highest BCUT2D eigenvalue weighted by Crippen LogP contribution is 2.26. The summed E-state index contributed by atoms with van der Waals surface area (Å²) in [6.07, 6.45) is 2.21. The van der Waals surface area contributed by atoms with Crippen molar-refractivity contribution in [2.45, 2.75) is 0 Å². The maximum Gasteiger partial charge on any atom is 0.0623 e. The minimum Gasteiger partial charge on any atom is -0.276 e. The molecule has 0 bridgehead atoms. The number of hydrogen-bond acceptors (Lipinski definition) is 2. The van der Waals surface area contributed by atoms with E-state index in [9.17, 15) is 0 Å². The minimum absolute atomic E-state index is 0.874. The van der Waals surface area contributed by atoms with Crippen LogP contribution in [0.15, 0.2) is 66.7 Å². The number of rotatable bonds is 2. The van der Waals surface area contributed by atoms with Gasteiger partial charge in [0.1, 0.15) is 0 Å². The average molecular weight is 222 g/mol. The molecule has 3 rings (SSSR count). The normalized spacial score (nSPS) is 14.8. The van der Waals surface area contributed by atoms with Crippen LogP contribution in [0.25, 0.3) is 5.70 Å². The highest BCUT2D eigenvalue weighted by Gasteiger charge is 2.17. The number of para-hydroxylation sites is 1. The fourth-order valence-corrected chi connectivity index (χ4v) is 2.07. The van der Waals surface area contributed by atoms with E-state index < -0.39 is 0 Å². The lowest BCUT2D eigenvalue weighted by molar-refractivity contribution is 0.822. The SMILES string of the molecule is C1=C(c2ccccc2)N(c2ccccc2)NC1. The summed E-state index contributed by atoms with van der Waals surface area (Å²) in [6.45, 7) is 0.874. The molecular weight excluding hydrogens is 208 g/mol. The number of benzene rings is 2. The van der Waals surface area contributed by atoms with E-state index in [2.05, 4.69) is 65.0 Å². The number of anilines is 1. The fourth-order valence-electron chi connectivity index (χ4n) is 2.07. The first-order chi connectivity index (χ1) is 8.45. The van der Waals surface area contributed by atoms with Gasteiger partial charge in [0.25, 0.3) is 0 Å². The first-order valence-electron chi connectivity index (χ1n) is 5.79. The largest absolute Gasteiger partial charge is 0.276 e. The molecule has 0 radical (unpaired) electrons. The van der Waals surface area contributed by atoms with E-state index in [0.29, 0.717) is 0 Å². The molecule has 1 N–H and O–H groups in total. The van der Waals surface area contributed by atoms with E-state index in [-0.39, 0.29) is 0 Å². The van der Waals surface area contributed by atoms with E-state index in [0.717, 1.165) is 6.54 Å². The zero-order chi connectivity index (χ0) is 11.5. The van der Waals surface area contributed by atoms with Crippen LogP contribution in [-0.4, -0.2) is 6.54 Å². The molecule has 0 fully saturated rings. The number of hydrogen-bond donors (Lipinski definition) is 1. The average Bonchev–Trinajstić information content (AvgIpc) is 2.90. The van der Waals surface area contributed by atoms with Crippen LogP contribution >= 0.6 is 0 Å². The molecular formula is C15H14N2. The molecule has 0 aliphatic carbocycles. The van der Waals surface area contributed by atoms with Crippen molar-refractivity contribution in [1.29, 1.82) is 0 Å². The van der Waals surface area contributed by atoms with Gasteiger partial charge >= 0.3 is 0 Å². The Bertz CT molecular complexity index is 517. The summed E-state index contributed by atoms with van der Waals surface area (Å²) in [5.74, 6) is 0. The third kappa shape index (κ3) is 1.95. The maximum absolute atomic E-state index is 3.36. The van der Waals surface area contributed by atoms with Crippen LogP contribution in [0.5, 0.6) is 0 Å². The van der Waals surface area contributed by atoms with Gasteiger partial charge < -0.3 is 0 Å². The van der Waals surface area contributed by atoms with Gasteiger partial charge in [-0.2, -0.15) is 0 Å². The predicted octanol–water partition coefficient (Wildman–Crippen LogP) is 3.05. The monoisotopic (exact) mass is 222 g/mol. The molecule has 17 heavy (non-hydrogen) atoms. The fraction of sp³-hybridized carbons (Fsp3) is 0.0667. The Morgan fingerprint density at radius 3 is 2.18 bits per heavy atom. The summed E-state index contributed by atoms with van der Waals surface area (Å²) in [7, 11) is 0. The van der Waals surface area contributed by atoms with Crippen molar-refractivity contribution < 1.29 is 0 Å². The standard InChI is InChI=1S/C15H14N2/c1-3-7-13(8-4-1)15-11-12-16-17(15)14-9-5-2-6-10-14/h1-11,16H,12H2. The maximum atomic E-state index is 3.36. The van der Waals surface area contributed by atoms with Crippen molar-refractivity contribution in [1.82, 2.24) is 5.43 Å². The first-order valence-corrected chi connectivity index (χ1v) is 5.79. The van der Waals surface area contributed by atoms with Gasteiger partial charge in [-0.05, 0) is 23.8 Å². The third-order valence-electron chi connectivity index (χ3n) is 2.87. The Morgan fingerprint density at radius 2 is 1.47 bits per heavy atom. The Hall–Kier alpha value is -2.06. The van der Waals surface area contributed by atoms with Gasteiger partial charge in [-0.25, -0.2) is 5.43 Å². The van der Waals surface area contributed by atoms with E-state index in [1.54, 1.807) is 0 Å². The van der Waals surface area contributed by atoms with E-state index in [1.807, 2.05) is 12.1 Å². The van der Waals surface area contributed by atoms with Crippen molar-refractivity contribution in [3.05, 3.63) is 72.3 Å². The molecule has 2 aromatic rings. The smallest absolute Gasteiger partial charge is 0.0623 e. The second kappa shape index (κ2) is 4.44. The zero-order valence-corrected chi connectivity index (χ0v) is 9.51. The quantitative estimate of drug-likeness (QED) is 0.840. The van der Waals surface area contributed by atoms with Crippen LogP contribution in [0.2, 0.25) is 0 Å². The lowest BCUT2D eigenvalue weighted by Gasteiger charge is -2.22. The summed E-state index contributed by atoms with van der Waals surface area (Å²) in [4.78, 5) is 0. The molecule has 2 aromatic carbocycles. The van der Waals surface area contributed by atoms with Gasteiger partial charge in [0.2, 0.25) is 0 Å². The zero-order valence-electron chi connectivity index (χ0n) is 9.51. The molecule has 1 aliphatic heterocycles. The van der Waals surface area contributed by atoms with Crippen LogP contribution in [0.3, 0.4) is 0 Å². The molecule has 0 saturated carbocycles. The van der Waals surface area contributed by atoms with Gasteiger partial charge in [-0.1, -0.05) is 48.5 Å². The molecule has 0 aromatic heterocycles. The first kappa shape index (κ1) is 10.1. The molecule has 0 atom stereocenters. The van der Waals surface area contributed by atoms with Gasteiger partial charge in [0.15, 0.2) is 0 Å². The van der Waals surface area contributed by atoms with Crippen molar-refractivity contribution in [2.24, 2.45) is 0 Å². The van der Waals surface area contributed by atoms with E-state index in [1.165, 1.54) is 16.9 Å². The van der Waals surface area contributed by atoms with Crippen molar-refractivity contribution in [2.75, 3.05) is 11.6 Å². The number of nitrogens with one attached hydrogen (secondary N) is 1. The van der Waals surface area contributed by atoms with Crippen LogP contribution < -0.4 is 10.4 Å². The Morgan fingerprint density at radius 1 is 0.824 bits per heavy atom. The van der Waals surface area contributed by atoms with Crippen LogP contribution in [0.4, 0.5) is 5.69 Å². The van der Waals surface area contributed by atoms with Gasteiger partial charge in [-0.15, -0.1) is 0 Å². The Kier molecular flexibility index (Phi) is 2.64. The van der Waals surface area contributed by atoms with Crippen molar-refractivity contribution >= 4 is 11.4 Å². The summed E-state index contributed by atoms with van der Waals surface area (Å²) in [5.41, 5.74) is 6.99. The van der Waals surface area contributed by atoms with Gasteiger partial charge in [-0.3, -0.25) is 5.01 Å². The Labute approximate surface area is 101 Å². The molecule has 84 valence electrons. The van der Waals surface area contributed by atoms with Crippen LogP contribution in [0.1, 0.15) is 5.56 Å².